The van der Waals surface area contributed by atoms with E-state index < -0.39 is 12.0 Å². The first-order valence-corrected chi connectivity index (χ1v) is 5.18. The molecule has 1 fully saturated rings. The summed E-state index contributed by atoms with van der Waals surface area (Å²) >= 11 is 0. The SMILES string of the molecule is N#Cc1cccc(C(=O)NC2CCOC2=O)c1. The van der Waals surface area contributed by atoms with Crippen LogP contribution in [0.15, 0.2) is 24.3 Å². The molecule has 1 aromatic carbocycles. The van der Waals surface area contributed by atoms with Crippen LogP contribution >= 0.6 is 0 Å². The first kappa shape index (κ1) is 11.1. The van der Waals surface area contributed by atoms with Crippen molar-refractivity contribution < 1.29 is 14.3 Å². The monoisotopic (exact) mass is 230 g/mol. The van der Waals surface area contributed by atoms with E-state index >= 15 is 0 Å². The summed E-state index contributed by atoms with van der Waals surface area (Å²) in [5, 5.41) is 11.3. The number of hydrogen-bond donors (Lipinski definition) is 1. The average Bonchev–Trinajstić information content (AvgIpc) is 2.75. The molecule has 1 atom stereocenters. The molecule has 1 unspecified atom stereocenters. The van der Waals surface area contributed by atoms with Crippen LogP contribution in [0.1, 0.15) is 22.3 Å². The van der Waals surface area contributed by atoms with E-state index in [1.807, 2.05) is 6.07 Å². The number of nitriles is 1. The lowest BCUT2D eigenvalue weighted by Crippen LogP contribution is -2.37. The molecule has 2 rings (SSSR count). The fourth-order valence-corrected chi connectivity index (χ4v) is 1.60. The summed E-state index contributed by atoms with van der Waals surface area (Å²) in [6.45, 7) is 0.335. The van der Waals surface area contributed by atoms with Gasteiger partial charge in [0.05, 0.1) is 18.2 Å². The number of amides is 1. The Morgan fingerprint density at radius 1 is 1.53 bits per heavy atom. The van der Waals surface area contributed by atoms with Crippen molar-refractivity contribution in [3.63, 3.8) is 0 Å². The zero-order chi connectivity index (χ0) is 12.3. The van der Waals surface area contributed by atoms with Crippen molar-refractivity contribution in [1.29, 1.82) is 5.26 Å². The Kier molecular flexibility index (Phi) is 3.06. The fourth-order valence-electron chi connectivity index (χ4n) is 1.60. The van der Waals surface area contributed by atoms with Gasteiger partial charge in [-0.25, -0.2) is 4.79 Å². The van der Waals surface area contributed by atoms with Crippen molar-refractivity contribution in [2.75, 3.05) is 6.61 Å². The second kappa shape index (κ2) is 4.66. The van der Waals surface area contributed by atoms with E-state index in [-0.39, 0.29) is 5.91 Å². The molecule has 86 valence electrons. The van der Waals surface area contributed by atoms with Gasteiger partial charge in [-0.3, -0.25) is 4.79 Å². The lowest BCUT2D eigenvalue weighted by Gasteiger charge is -2.08. The Morgan fingerprint density at radius 3 is 3.00 bits per heavy atom. The summed E-state index contributed by atoms with van der Waals surface area (Å²) in [5.41, 5.74) is 0.774. The number of benzene rings is 1. The molecule has 1 aromatic rings. The van der Waals surface area contributed by atoms with Crippen LogP contribution in [0.3, 0.4) is 0 Å². The smallest absolute Gasteiger partial charge is 0.328 e. The number of hydrogen-bond acceptors (Lipinski definition) is 4. The van der Waals surface area contributed by atoms with Crippen LogP contribution in [0.25, 0.3) is 0 Å². The first-order valence-electron chi connectivity index (χ1n) is 5.18. The third-order valence-electron chi connectivity index (χ3n) is 2.49. The molecule has 1 amide bonds. The molecule has 0 aromatic heterocycles. The molecule has 17 heavy (non-hydrogen) atoms. The van der Waals surface area contributed by atoms with Gasteiger partial charge in [0.15, 0.2) is 0 Å². The highest BCUT2D eigenvalue weighted by Gasteiger charge is 2.28. The van der Waals surface area contributed by atoms with Crippen LogP contribution < -0.4 is 5.32 Å². The van der Waals surface area contributed by atoms with Gasteiger partial charge in [-0.2, -0.15) is 5.26 Å². The maximum absolute atomic E-state index is 11.8. The van der Waals surface area contributed by atoms with Gasteiger partial charge in [0, 0.05) is 12.0 Å². The first-order chi connectivity index (χ1) is 8.20. The van der Waals surface area contributed by atoms with Gasteiger partial charge >= 0.3 is 5.97 Å². The average molecular weight is 230 g/mol. The van der Waals surface area contributed by atoms with Crippen LogP contribution in [0, 0.1) is 11.3 Å². The predicted octanol–water partition coefficient (Wildman–Crippen LogP) is 0.604. The van der Waals surface area contributed by atoms with Crippen molar-refractivity contribution in [3.05, 3.63) is 35.4 Å². The molecule has 1 N–H and O–H groups in total. The summed E-state index contributed by atoms with van der Waals surface area (Å²) < 4.78 is 4.74. The quantitative estimate of drug-likeness (QED) is 0.754. The minimum Gasteiger partial charge on any atom is -0.464 e. The maximum atomic E-state index is 11.8. The number of ether oxygens (including phenoxy) is 1. The standard InChI is InChI=1S/C12H10N2O3/c13-7-8-2-1-3-9(6-8)11(15)14-10-4-5-17-12(10)16/h1-3,6,10H,4-5H2,(H,14,15). The predicted molar refractivity (Wildman–Crippen MR) is 58.0 cm³/mol. The van der Waals surface area contributed by atoms with E-state index in [0.29, 0.717) is 24.2 Å². The van der Waals surface area contributed by atoms with Crippen molar-refractivity contribution in [2.24, 2.45) is 0 Å². The molecule has 0 aliphatic carbocycles. The zero-order valence-corrected chi connectivity index (χ0v) is 8.97. The molecule has 0 radical (unpaired) electrons. The van der Waals surface area contributed by atoms with Crippen LogP contribution in [0.4, 0.5) is 0 Å². The van der Waals surface area contributed by atoms with E-state index in [4.69, 9.17) is 10.00 Å². The largest absolute Gasteiger partial charge is 0.464 e. The Balaban J connectivity index is 2.09. The zero-order valence-electron chi connectivity index (χ0n) is 8.97. The van der Waals surface area contributed by atoms with Crippen molar-refractivity contribution in [1.82, 2.24) is 5.32 Å². The van der Waals surface area contributed by atoms with Gasteiger partial charge in [-0.15, -0.1) is 0 Å². The van der Waals surface area contributed by atoms with Gasteiger partial charge in [0.2, 0.25) is 0 Å². The van der Waals surface area contributed by atoms with Crippen LogP contribution in [0.2, 0.25) is 0 Å². The van der Waals surface area contributed by atoms with Crippen LogP contribution in [-0.4, -0.2) is 24.5 Å². The van der Waals surface area contributed by atoms with Gasteiger partial charge < -0.3 is 10.1 Å². The van der Waals surface area contributed by atoms with Crippen LogP contribution in [0.5, 0.6) is 0 Å². The molecular formula is C12H10N2O3. The van der Waals surface area contributed by atoms with Gasteiger partial charge in [0.25, 0.3) is 5.91 Å². The van der Waals surface area contributed by atoms with Crippen molar-refractivity contribution in [2.45, 2.75) is 12.5 Å². The van der Waals surface area contributed by atoms with Gasteiger partial charge in [-0.05, 0) is 18.2 Å². The Hall–Kier alpha value is -2.35. The second-order valence-electron chi connectivity index (χ2n) is 3.67. The Bertz CT molecular complexity index is 505. The number of esters is 1. The number of nitrogens with one attached hydrogen (secondary N) is 1. The number of carbonyl (C=O) groups is 2. The van der Waals surface area contributed by atoms with E-state index in [0.717, 1.165) is 0 Å². The van der Waals surface area contributed by atoms with E-state index in [1.54, 1.807) is 18.2 Å². The van der Waals surface area contributed by atoms with Crippen molar-refractivity contribution in [3.8, 4) is 6.07 Å². The topological polar surface area (TPSA) is 79.2 Å². The molecule has 1 aliphatic rings. The summed E-state index contributed by atoms with van der Waals surface area (Å²) in [6, 6.07) is 7.69. The highest BCUT2D eigenvalue weighted by Crippen LogP contribution is 2.09. The van der Waals surface area contributed by atoms with Crippen LogP contribution in [-0.2, 0) is 9.53 Å². The number of nitrogens with zero attached hydrogens (tertiary/aromatic N) is 1. The lowest BCUT2D eigenvalue weighted by atomic mass is 10.1. The highest BCUT2D eigenvalue weighted by molar-refractivity contribution is 5.97. The normalized spacial score (nSPS) is 18.3. The molecular weight excluding hydrogens is 220 g/mol. The van der Waals surface area contributed by atoms with Crippen molar-refractivity contribution >= 4 is 11.9 Å². The third kappa shape index (κ3) is 2.42. The minimum absolute atomic E-state index is 0.335. The summed E-state index contributed by atoms with van der Waals surface area (Å²) in [4.78, 5) is 23.0. The molecule has 1 aliphatic heterocycles. The number of cyclic esters (lactones) is 1. The molecule has 5 nitrogen and oxygen atoms in total. The fraction of sp³-hybridized carbons (Fsp3) is 0.250. The van der Waals surface area contributed by atoms with E-state index in [2.05, 4.69) is 5.32 Å². The highest BCUT2D eigenvalue weighted by atomic mass is 16.5. The number of rotatable bonds is 2. The summed E-state index contributed by atoms with van der Waals surface area (Å²) in [5.74, 6) is -0.777. The second-order valence-corrected chi connectivity index (χ2v) is 3.67. The third-order valence-corrected chi connectivity index (χ3v) is 2.49. The Morgan fingerprint density at radius 2 is 2.35 bits per heavy atom. The van der Waals surface area contributed by atoms with E-state index in [1.165, 1.54) is 6.07 Å². The molecule has 0 bridgehead atoms. The molecule has 1 saturated heterocycles. The number of carbonyl (C=O) groups excluding carboxylic acids is 2. The molecule has 5 heteroatoms. The Labute approximate surface area is 98.0 Å². The molecule has 0 spiro atoms. The lowest BCUT2D eigenvalue weighted by molar-refractivity contribution is -0.139. The van der Waals surface area contributed by atoms with E-state index in [9.17, 15) is 9.59 Å². The maximum Gasteiger partial charge on any atom is 0.328 e. The minimum atomic E-state index is -0.576. The van der Waals surface area contributed by atoms with Gasteiger partial charge in [-0.1, -0.05) is 6.07 Å². The summed E-state index contributed by atoms with van der Waals surface area (Å²) in [6.07, 6.45) is 0.489. The molecule has 1 heterocycles. The summed E-state index contributed by atoms with van der Waals surface area (Å²) in [7, 11) is 0. The molecule has 0 saturated carbocycles. The van der Waals surface area contributed by atoms with Gasteiger partial charge in [0.1, 0.15) is 6.04 Å².